The molecule has 7 aliphatic rings. The first-order chi connectivity index (χ1) is 38.7. The summed E-state index contributed by atoms with van der Waals surface area (Å²) in [6, 6.07) is 0.0903. The van der Waals surface area contributed by atoms with Gasteiger partial charge in [0.2, 0.25) is 11.6 Å². The SMILES string of the molecule is CO[C@H]1/C=C/O[C@@]2(C)Oc3c(C)c(O)c4c(c3C2O)C(=O)C(N2CCC(N(C)C3CCN(c5c(F)cn6c(=O)c(C(=O)O)cc(C7CC7)c6c5C)C3)CC2)=C(NC(=O)/C(C)=C\C=C\[C@H](C)[C@H](O)[C@@H](N)[C@@H](O)[C@@H](C)[C@H](OC(C)=O)[C@@H]1C)C4=O. The number of ketones is 2. The molecule has 11 atom stereocenters. The fourth-order valence-electron chi connectivity index (χ4n) is 12.8. The minimum Gasteiger partial charge on any atom is -0.507 e. The number of hydrogen-bond donors (Lipinski definition) is 7. The fourth-order valence-corrected chi connectivity index (χ4v) is 12.8. The Morgan fingerprint density at radius 2 is 1.56 bits per heavy atom. The summed E-state index contributed by atoms with van der Waals surface area (Å²) in [5.41, 5.74) is 6.10. The molecule has 8 N–H and O–H groups in total. The number of halogens is 1. The number of aromatic carboxylic acids is 1. The average molecular weight is 1140 g/mol. The number of carboxylic acid groups (broad SMARTS) is 1. The predicted octanol–water partition coefficient (Wildman–Crippen LogP) is 4.81. The second-order valence-corrected chi connectivity index (χ2v) is 23.3. The van der Waals surface area contributed by atoms with Gasteiger partial charge in [-0.1, -0.05) is 39.0 Å². The van der Waals surface area contributed by atoms with Crippen LogP contribution in [0.5, 0.6) is 11.5 Å². The molecule has 1 amide bonds. The van der Waals surface area contributed by atoms with Crippen LogP contribution in [0.1, 0.15) is 139 Å². The number of aliphatic hydroxyl groups excluding tert-OH is 3. The summed E-state index contributed by atoms with van der Waals surface area (Å²) in [5.74, 6) is -9.89. The number of hydrogen-bond acceptors (Lipinski definition) is 18. The van der Waals surface area contributed by atoms with Crippen LogP contribution in [-0.2, 0) is 23.8 Å². The quantitative estimate of drug-likeness (QED) is 0.149. The number of nitrogens with one attached hydrogen (secondary N) is 1. The summed E-state index contributed by atoms with van der Waals surface area (Å²) in [6.07, 6.45) is 5.26. The van der Waals surface area contributed by atoms with Crippen LogP contribution in [0.4, 0.5) is 10.1 Å². The van der Waals surface area contributed by atoms with Gasteiger partial charge in [0.1, 0.15) is 34.6 Å². The van der Waals surface area contributed by atoms with Gasteiger partial charge in [-0.05, 0) is 89.1 Å². The highest BCUT2D eigenvalue weighted by Gasteiger charge is 2.53. The number of ether oxygens (including phenoxy) is 4. The Hall–Kier alpha value is -6.95. The van der Waals surface area contributed by atoms with Crippen molar-refractivity contribution in [3.63, 3.8) is 0 Å². The van der Waals surface area contributed by atoms with E-state index in [1.165, 1.54) is 65.4 Å². The predicted molar refractivity (Wildman–Crippen MR) is 298 cm³/mol. The fraction of sp³-hybridized carbons (Fsp3) is 0.533. The maximum atomic E-state index is 16.3. The number of benzene rings is 1. The van der Waals surface area contributed by atoms with E-state index in [9.17, 15) is 44.7 Å². The molecular formula is C60H75FN6O15. The molecule has 22 heteroatoms. The molecule has 2 aliphatic carbocycles. The summed E-state index contributed by atoms with van der Waals surface area (Å²) in [4.78, 5) is 88.5. The van der Waals surface area contributed by atoms with Gasteiger partial charge in [-0.25, -0.2) is 9.18 Å². The molecule has 0 radical (unpaired) electrons. The molecule has 10 rings (SSSR count). The van der Waals surface area contributed by atoms with Crippen molar-refractivity contribution in [2.45, 2.75) is 148 Å². The summed E-state index contributed by atoms with van der Waals surface area (Å²) in [7, 11) is 3.40. The van der Waals surface area contributed by atoms with Gasteiger partial charge in [0.15, 0.2) is 11.9 Å². The number of esters is 1. The first-order valence-corrected chi connectivity index (χ1v) is 28.0. The van der Waals surface area contributed by atoms with E-state index >= 15 is 14.0 Å². The normalized spacial score (nSPS) is 31.0. The minimum atomic E-state index is -1.97. The number of phenols is 1. The number of amides is 1. The second-order valence-electron chi connectivity index (χ2n) is 23.3. The van der Waals surface area contributed by atoms with Crippen LogP contribution >= 0.6 is 0 Å². The molecule has 3 fully saturated rings. The number of piperidine rings is 1. The number of aromatic hydroxyl groups is 1. The lowest BCUT2D eigenvalue weighted by atomic mass is 9.81. The number of likely N-dealkylation sites (tertiary alicyclic amines) is 1. The summed E-state index contributed by atoms with van der Waals surface area (Å²) in [5, 5.41) is 59.6. The highest BCUT2D eigenvalue weighted by molar-refractivity contribution is 6.29. The van der Waals surface area contributed by atoms with Crippen molar-refractivity contribution < 1.29 is 72.8 Å². The van der Waals surface area contributed by atoms with E-state index in [1.807, 2.05) is 11.9 Å². The maximum Gasteiger partial charge on any atom is 0.341 e. The Morgan fingerprint density at radius 1 is 0.902 bits per heavy atom. The molecule has 7 heterocycles. The lowest BCUT2D eigenvalue weighted by Gasteiger charge is -2.41. The first kappa shape index (κ1) is 59.7. The molecule has 82 heavy (non-hydrogen) atoms. The number of likely N-dealkylation sites (N-methyl/N-ethyl adjacent to an activating group) is 1. The summed E-state index contributed by atoms with van der Waals surface area (Å²) < 4.78 is 41.4. The van der Waals surface area contributed by atoms with Crippen molar-refractivity contribution >= 4 is 40.6 Å². The number of allylic oxidation sites excluding steroid dienone is 4. The van der Waals surface area contributed by atoms with E-state index in [4.69, 9.17) is 24.7 Å². The van der Waals surface area contributed by atoms with E-state index in [-0.39, 0.29) is 70.5 Å². The van der Waals surface area contributed by atoms with Crippen LogP contribution in [0, 0.1) is 37.4 Å². The van der Waals surface area contributed by atoms with Crippen molar-refractivity contribution in [3.8, 4) is 11.5 Å². The Kier molecular flexibility index (Phi) is 16.7. The van der Waals surface area contributed by atoms with Gasteiger partial charge in [0.25, 0.3) is 17.3 Å². The zero-order valence-electron chi connectivity index (χ0n) is 47.9. The Morgan fingerprint density at radius 3 is 2.20 bits per heavy atom. The molecule has 21 nitrogen and oxygen atoms in total. The lowest BCUT2D eigenvalue weighted by Crippen LogP contribution is -2.53. The van der Waals surface area contributed by atoms with Crippen LogP contribution in [0.15, 0.2) is 64.6 Å². The van der Waals surface area contributed by atoms with Crippen LogP contribution in [0.2, 0.25) is 0 Å². The number of phenolic OH excluding ortho intramolecular Hbond substituents is 1. The molecule has 5 aliphatic heterocycles. The first-order valence-electron chi connectivity index (χ1n) is 28.0. The smallest absolute Gasteiger partial charge is 0.341 e. The standard InChI is InChI=1S/C60H75FN6O15/c1-27-12-11-13-28(2)57(75)63-45-48(65-20-16-35(17-21-65)64(9)36-18-22-66(25-36)47-30(4)46-37(34-14-15-34)24-38(59(77)78)58(76)67(46)26-39(47)61)53(73)41-42(52(45)72)50(70)31(5)55-43(41)56(74)60(8,82-55)80-23-19-40(79-10)29(3)54(81-33(7)68)32(6)51(71)44(62)49(27)69/h11-13,19,23-24,26-27,29,32,34-36,40,44,49,51,54,56,69-71,74H,14-18,20-22,25,62H2,1-10H3,(H,63,75)(H,77,78)/b12-11+,23-19+,28-13-/t27-,29+,32+,36?,40-,44+,49-,51-,54+,56?,60-/m0/s1. The van der Waals surface area contributed by atoms with E-state index < -0.39 is 118 Å². The highest BCUT2D eigenvalue weighted by atomic mass is 19.1. The van der Waals surface area contributed by atoms with E-state index in [0.29, 0.717) is 54.7 Å². The third kappa shape index (κ3) is 10.6. The van der Waals surface area contributed by atoms with Crippen molar-refractivity contribution in [2.24, 2.45) is 23.5 Å². The number of carbonyl (C=O) groups is 5. The maximum absolute atomic E-state index is 16.3. The monoisotopic (exact) mass is 1140 g/mol. The third-order valence-electron chi connectivity index (χ3n) is 17.9. The molecule has 1 aromatic carbocycles. The van der Waals surface area contributed by atoms with Gasteiger partial charge in [-0.3, -0.25) is 33.3 Å². The van der Waals surface area contributed by atoms with Crippen LogP contribution in [-0.4, -0.2) is 158 Å². The number of fused-ring (bicyclic) bond motifs is 15. The molecule has 0 spiro atoms. The van der Waals surface area contributed by atoms with Gasteiger partial charge in [-0.2, -0.15) is 0 Å². The zero-order chi connectivity index (χ0) is 59.7. The van der Waals surface area contributed by atoms with Gasteiger partial charge < -0.3 is 65.3 Å². The number of nitrogens with two attached hydrogens (primary N) is 1. The number of anilines is 1. The summed E-state index contributed by atoms with van der Waals surface area (Å²) >= 11 is 0. The van der Waals surface area contributed by atoms with E-state index in [2.05, 4.69) is 10.2 Å². The lowest BCUT2D eigenvalue weighted by molar-refractivity contribution is -0.181. The summed E-state index contributed by atoms with van der Waals surface area (Å²) in [6.45, 7) is 13.7. The largest absolute Gasteiger partial charge is 0.507 e. The van der Waals surface area contributed by atoms with Gasteiger partial charge >= 0.3 is 11.9 Å². The molecular weight excluding hydrogens is 1060 g/mol. The van der Waals surface area contributed by atoms with Gasteiger partial charge in [-0.15, -0.1) is 0 Å². The number of carbonyl (C=O) groups excluding carboxylic acids is 4. The third-order valence-corrected chi connectivity index (χ3v) is 17.9. The number of rotatable bonds is 8. The Balaban J connectivity index is 1.03. The molecule has 2 saturated heterocycles. The number of Topliss-reactive ketones (excluding diaryl/α,β-unsaturated/α-hetero) is 2. The average Bonchev–Trinajstić information content (AvgIpc) is 1.68. The minimum absolute atomic E-state index is 0.0152. The van der Waals surface area contributed by atoms with E-state index in [0.717, 1.165) is 23.4 Å². The van der Waals surface area contributed by atoms with Gasteiger partial charge in [0, 0.05) is 99.2 Å². The Labute approximate surface area is 474 Å². The topological polar surface area (TPSA) is 293 Å². The van der Waals surface area contributed by atoms with Crippen molar-refractivity contribution in [1.82, 2.24) is 19.5 Å². The zero-order valence-corrected chi connectivity index (χ0v) is 47.9. The Bertz CT molecular complexity index is 3300. The molecule has 3 aromatic rings. The van der Waals surface area contributed by atoms with Crippen LogP contribution in [0.3, 0.4) is 0 Å². The van der Waals surface area contributed by atoms with Crippen LogP contribution in [0.25, 0.3) is 5.52 Å². The number of aromatic nitrogens is 1. The molecule has 2 aromatic heterocycles. The number of methoxy groups -OCH3 is 1. The van der Waals surface area contributed by atoms with Crippen molar-refractivity contribution in [2.75, 3.05) is 45.2 Å². The molecule has 1 saturated carbocycles. The number of aryl methyl sites for hydroxylation is 1. The van der Waals surface area contributed by atoms with Crippen molar-refractivity contribution in [1.29, 1.82) is 0 Å². The molecule has 2 unspecified atom stereocenters. The second kappa shape index (κ2) is 23.0. The number of carboxylic acids is 1. The van der Waals surface area contributed by atoms with E-state index in [1.54, 1.807) is 38.7 Å². The number of nitrogens with zero attached hydrogens (tertiary/aromatic N) is 4. The van der Waals surface area contributed by atoms with Crippen molar-refractivity contribution in [3.05, 3.63) is 115 Å². The van der Waals surface area contributed by atoms with Crippen LogP contribution < -0.4 is 26.2 Å². The highest BCUT2D eigenvalue weighted by Crippen LogP contribution is 2.54. The molecule has 5 bridgehead atoms. The molecule has 442 valence electrons. The number of pyridine rings is 2. The number of aliphatic hydroxyl groups is 3. The van der Waals surface area contributed by atoms with Gasteiger partial charge in [0.05, 0.1) is 53.6 Å².